The van der Waals surface area contributed by atoms with Crippen LogP contribution in [0.25, 0.3) is 0 Å². The summed E-state index contributed by atoms with van der Waals surface area (Å²) in [5.41, 5.74) is 8.76. The molecule has 4 heteroatoms. The van der Waals surface area contributed by atoms with Crippen molar-refractivity contribution >= 4 is 0 Å². The molecule has 2 aliphatic rings. The van der Waals surface area contributed by atoms with Crippen LogP contribution in [0.5, 0.6) is 0 Å². The van der Waals surface area contributed by atoms with Crippen LogP contribution in [0.3, 0.4) is 0 Å². The minimum atomic E-state index is 0.206. The molecule has 0 radical (unpaired) electrons. The van der Waals surface area contributed by atoms with E-state index in [1.165, 1.54) is 11.1 Å². The van der Waals surface area contributed by atoms with Crippen molar-refractivity contribution in [2.75, 3.05) is 46.4 Å². The lowest BCUT2D eigenvalue weighted by Gasteiger charge is -2.41. The van der Waals surface area contributed by atoms with E-state index in [0.29, 0.717) is 6.04 Å². The van der Waals surface area contributed by atoms with Crippen molar-refractivity contribution in [3.8, 4) is 0 Å². The molecule has 1 fully saturated rings. The molecule has 2 N–H and O–H groups in total. The van der Waals surface area contributed by atoms with E-state index in [4.69, 9.17) is 10.5 Å². The molecule has 0 aromatic heterocycles. The summed E-state index contributed by atoms with van der Waals surface area (Å²) in [7, 11) is 2.17. The van der Waals surface area contributed by atoms with Crippen molar-refractivity contribution in [1.29, 1.82) is 0 Å². The highest BCUT2D eigenvalue weighted by Crippen LogP contribution is 2.28. The van der Waals surface area contributed by atoms with Crippen molar-refractivity contribution in [1.82, 2.24) is 9.80 Å². The molecule has 1 aromatic rings. The highest BCUT2D eigenvalue weighted by Gasteiger charge is 2.29. The molecule has 0 spiro atoms. The smallest absolute Gasteiger partial charge is 0.0954 e. The van der Waals surface area contributed by atoms with Crippen LogP contribution in [-0.4, -0.2) is 62.2 Å². The van der Waals surface area contributed by atoms with Crippen LogP contribution < -0.4 is 5.73 Å². The van der Waals surface area contributed by atoms with Gasteiger partial charge >= 0.3 is 0 Å². The molecule has 0 amide bonds. The fourth-order valence-corrected chi connectivity index (χ4v) is 3.35. The Labute approximate surface area is 121 Å². The predicted octanol–water partition coefficient (Wildman–Crippen LogP) is 0.875. The van der Waals surface area contributed by atoms with Gasteiger partial charge in [0.25, 0.3) is 0 Å². The standard InChI is InChI=1S/C16H25N3O/c1-18-7-8-19(14(10-17)11-18)12-16-15-5-3-2-4-13(15)6-9-20-16/h2-5,14,16H,6-12,17H2,1H3. The topological polar surface area (TPSA) is 41.7 Å². The highest BCUT2D eigenvalue weighted by molar-refractivity contribution is 5.31. The number of rotatable bonds is 3. The van der Waals surface area contributed by atoms with Gasteiger partial charge in [-0.3, -0.25) is 4.90 Å². The third kappa shape index (κ3) is 2.88. The van der Waals surface area contributed by atoms with Gasteiger partial charge in [0.05, 0.1) is 12.7 Å². The number of nitrogens with zero attached hydrogens (tertiary/aromatic N) is 2. The number of likely N-dealkylation sites (N-methyl/N-ethyl adjacent to an activating group) is 1. The molecule has 1 saturated heterocycles. The molecule has 0 aliphatic carbocycles. The lowest BCUT2D eigenvalue weighted by atomic mass is 9.96. The largest absolute Gasteiger partial charge is 0.372 e. The van der Waals surface area contributed by atoms with Gasteiger partial charge < -0.3 is 15.4 Å². The zero-order valence-corrected chi connectivity index (χ0v) is 12.3. The summed E-state index contributed by atoms with van der Waals surface area (Å²) in [5.74, 6) is 0. The average molecular weight is 275 g/mol. The summed E-state index contributed by atoms with van der Waals surface area (Å²) in [5, 5.41) is 0. The number of benzene rings is 1. The van der Waals surface area contributed by atoms with Crippen LogP contribution >= 0.6 is 0 Å². The zero-order valence-electron chi connectivity index (χ0n) is 12.3. The summed E-state index contributed by atoms with van der Waals surface area (Å²) in [6.45, 7) is 5.78. The number of piperazine rings is 1. The van der Waals surface area contributed by atoms with E-state index in [1.807, 2.05) is 0 Å². The molecule has 2 unspecified atom stereocenters. The van der Waals surface area contributed by atoms with Gasteiger partial charge in [-0.15, -0.1) is 0 Å². The van der Waals surface area contributed by atoms with Gasteiger partial charge in [0.15, 0.2) is 0 Å². The van der Waals surface area contributed by atoms with E-state index in [-0.39, 0.29) is 6.10 Å². The van der Waals surface area contributed by atoms with Gasteiger partial charge in [0.2, 0.25) is 0 Å². The molecule has 3 rings (SSSR count). The molecule has 20 heavy (non-hydrogen) atoms. The number of fused-ring (bicyclic) bond motifs is 1. The van der Waals surface area contributed by atoms with Crippen LogP contribution in [-0.2, 0) is 11.2 Å². The number of nitrogens with two attached hydrogens (primary N) is 1. The molecule has 0 saturated carbocycles. The van der Waals surface area contributed by atoms with Gasteiger partial charge in [-0.2, -0.15) is 0 Å². The SMILES string of the molecule is CN1CCN(CC2OCCc3ccccc32)C(CN)C1. The quantitative estimate of drug-likeness (QED) is 0.889. The molecule has 1 aromatic carbocycles. The Morgan fingerprint density at radius 1 is 1.30 bits per heavy atom. The van der Waals surface area contributed by atoms with Crippen molar-refractivity contribution in [2.45, 2.75) is 18.6 Å². The Bertz CT molecular complexity index is 451. The molecular weight excluding hydrogens is 250 g/mol. The monoisotopic (exact) mass is 275 g/mol. The normalized spacial score (nSPS) is 28.3. The van der Waals surface area contributed by atoms with Gasteiger partial charge in [0, 0.05) is 38.8 Å². The average Bonchev–Trinajstić information content (AvgIpc) is 2.49. The predicted molar refractivity (Wildman–Crippen MR) is 80.8 cm³/mol. The zero-order chi connectivity index (χ0) is 13.9. The first kappa shape index (κ1) is 14.0. The minimum absolute atomic E-state index is 0.206. The third-order valence-electron chi connectivity index (χ3n) is 4.57. The summed E-state index contributed by atoms with van der Waals surface area (Å²) in [6, 6.07) is 9.14. The van der Waals surface area contributed by atoms with Crippen LogP contribution in [0.4, 0.5) is 0 Å². The fourth-order valence-electron chi connectivity index (χ4n) is 3.35. The van der Waals surface area contributed by atoms with E-state index in [2.05, 4.69) is 41.1 Å². The second-order valence-corrected chi connectivity index (χ2v) is 5.95. The summed E-state index contributed by atoms with van der Waals surface area (Å²) in [4.78, 5) is 4.87. The molecule has 110 valence electrons. The van der Waals surface area contributed by atoms with Gasteiger partial charge in [-0.05, 0) is 24.6 Å². The second-order valence-electron chi connectivity index (χ2n) is 5.95. The number of hydrogen-bond donors (Lipinski definition) is 1. The Hall–Kier alpha value is -0.940. The van der Waals surface area contributed by atoms with Crippen molar-refractivity contribution < 1.29 is 4.74 Å². The Balaban J connectivity index is 1.72. The molecule has 0 bridgehead atoms. The van der Waals surface area contributed by atoms with Crippen LogP contribution in [0.15, 0.2) is 24.3 Å². The van der Waals surface area contributed by atoms with Gasteiger partial charge in [-0.1, -0.05) is 24.3 Å². The van der Waals surface area contributed by atoms with E-state index in [1.54, 1.807) is 0 Å². The summed E-state index contributed by atoms with van der Waals surface area (Å²) in [6.07, 6.45) is 1.24. The van der Waals surface area contributed by atoms with Gasteiger partial charge in [0.1, 0.15) is 0 Å². The first-order valence-electron chi connectivity index (χ1n) is 7.60. The van der Waals surface area contributed by atoms with Crippen molar-refractivity contribution in [3.05, 3.63) is 35.4 Å². The Kier molecular flexibility index (Phi) is 4.36. The van der Waals surface area contributed by atoms with Crippen LogP contribution in [0.1, 0.15) is 17.2 Å². The third-order valence-corrected chi connectivity index (χ3v) is 4.57. The number of hydrogen-bond acceptors (Lipinski definition) is 4. The molecular formula is C16H25N3O. The van der Waals surface area contributed by atoms with Gasteiger partial charge in [-0.25, -0.2) is 0 Å². The highest BCUT2D eigenvalue weighted by atomic mass is 16.5. The van der Waals surface area contributed by atoms with E-state index in [0.717, 1.165) is 45.8 Å². The molecule has 2 atom stereocenters. The maximum Gasteiger partial charge on any atom is 0.0954 e. The van der Waals surface area contributed by atoms with Crippen LogP contribution in [0, 0.1) is 0 Å². The van der Waals surface area contributed by atoms with E-state index < -0.39 is 0 Å². The minimum Gasteiger partial charge on any atom is -0.372 e. The first-order valence-corrected chi connectivity index (χ1v) is 7.60. The van der Waals surface area contributed by atoms with Crippen molar-refractivity contribution in [2.24, 2.45) is 5.73 Å². The number of ether oxygens (including phenoxy) is 1. The maximum absolute atomic E-state index is 6.03. The van der Waals surface area contributed by atoms with Crippen molar-refractivity contribution in [3.63, 3.8) is 0 Å². The summed E-state index contributed by atoms with van der Waals surface area (Å²) >= 11 is 0. The first-order chi connectivity index (χ1) is 9.78. The molecule has 2 aliphatic heterocycles. The molecule has 4 nitrogen and oxygen atoms in total. The van der Waals surface area contributed by atoms with Crippen LogP contribution in [0.2, 0.25) is 0 Å². The second kappa shape index (κ2) is 6.22. The fraction of sp³-hybridized carbons (Fsp3) is 0.625. The summed E-state index contributed by atoms with van der Waals surface area (Å²) < 4.78 is 6.03. The maximum atomic E-state index is 6.03. The molecule has 2 heterocycles. The van der Waals surface area contributed by atoms with E-state index in [9.17, 15) is 0 Å². The Morgan fingerprint density at radius 3 is 3.00 bits per heavy atom. The lowest BCUT2D eigenvalue weighted by Crippen LogP contribution is -2.55. The Morgan fingerprint density at radius 2 is 2.15 bits per heavy atom. The lowest BCUT2D eigenvalue weighted by molar-refractivity contribution is -0.00913. The van der Waals surface area contributed by atoms with E-state index >= 15 is 0 Å².